The number of hydrogen-bond donors (Lipinski definition) is 3. The van der Waals surface area contributed by atoms with Crippen molar-refractivity contribution in [2.24, 2.45) is 5.92 Å². The summed E-state index contributed by atoms with van der Waals surface area (Å²) in [6.45, 7) is 5.77. The molecule has 0 aromatic heterocycles. The second-order valence-corrected chi connectivity index (χ2v) is 6.76. The Hall–Kier alpha value is -1.07. The van der Waals surface area contributed by atoms with Gasteiger partial charge in [-0.05, 0) is 62.8 Å². The SMILES string of the molecule is Cc1cc(Br)cc(C)c1NC(=O)NC(C)(CO)C1CC1. The van der Waals surface area contributed by atoms with Gasteiger partial charge in [0.05, 0.1) is 12.1 Å². The number of benzene rings is 1. The first-order chi connectivity index (χ1) is 9.35. The Morgan fingerprint density at radius 2 is 1.95 bits per heavy atom. The fourth-order valence-electron chi connectivity index (χ4n) is 2.50. The molecule has 20 heavy (non-hydrogen) atoms. The van der Waals surface area contributed by atoms with E-state index in [0.717, 1.165) is 34.1 Å². The lowest BCUT2D eigenvalue weighted by Gasteiger charge is -2.29. The Kier molecular flexibility index (Phi) is 4.39. The van der Waals surface area contributed by atoms with E-state index in [1.807, 2.05) is 32.9 Å². The lowest BCUT2D eigenvalue weighted by Crippen LogP contribution is -2.52. The van der Waals surface area contributed by atoms with Crippen LogP contribution in [0.3, 0.4) is 0 Å². The number of rotatable bonds is 4. The van der Waals surface area contributed by atoms with Gasteiger partial charge in [-0.25, -0.2) is 4.79 Å². The molecule has 0 radical (unpaired) electrons. The maximum absolute atomic E-state index is 12.2. The molecule has 0 spiro atoms. The van der Waals surface area contributed by atoms with Crippen LogP contribution < -0.4 is 10.6 Å². The molecule has 1 unspecified atom stereocenters. The minimum Gasteiger partial charge on any atom is -0.394 e. The predicted molar refractivity (Wildman–Crippen MR) is 84.0 cm³/mol. The molecule has 1 fully saturated rings. The molecule has 1 aliphatic rings. The quantitative estimate of drug-likeness (QED) is 0.787. The summed E-state index contributed by atoms with van der Waals surface area (Å²) in [5, 5.41) is 15.3. The minimum atomic E-state index is -0.527. The molecule has 4 nitrogen and oxygen atoms in total. The molecule has 3 N–H and O–H groups in total. The van der Waals surface area contributed by atoms with Gasteiger partial charge in [-0.1, -0.05) is 15.9 Å². The first-order valence-corrected chi connectivity index (χ1v) is 7.62. The number of hydrogen-bond acceptors (Lipinski definition) is 2. The van der Waals surface area contributed by atoms with Crippen LogP contribution in [0.25, 0.3) is 0 Å². The first-order valence-electron chi connectivity index (χ1n) is 6.82. The number of aryl methyl sites for hydroxylation is 2. The van der Waals surface area contributed by atoms with Crippen LogP contribution in [0.4, 0.5) is 10.5 Å². The number of aliphatic hydroxyl groups is 1. The van der Waals surface area contributed by atoms with Crippen LogP contribution in [0.15, 0.2) is 16.6 Å². The Morgan fingerprint density at radius 3 is 2.40 bits per heavy atom. The zero-order chi connectivity index (χ0) is 14.9. The van der Waals surface area contributed by atoms with Gasteiger partial charge in [0.15, 0.2) is 0 Å². The fraction of sp³-hybridized carbons (Fsp3) is 0.533. The summed E-state index contributed by atoms with van der Waals surface area (Å²) in [6.07, 6.45) is 2.13. The number of anilines is 1. The van der Waals surface area contributed by atoms with Gasteiger partial charge in [0, 0.05) is 10.2 Å². The summed E-state index contributed by atoms with van der Waals surface area (Å²) in [5.41, 5.74) is 2.30. The van der Waals surface area contributed by atoms with E-state index in [9.17, 15) is 9.90 Å². The third-order valence-electron chi connectivity index (χ3n) is 3.94. The molecule has 0 saturated heterocycles. The fourth-order valence-corrected chi connectivity index (χ4v) is 3.19. The van der Waals surface area contributed by atoms with Crippen molar-refractivity contribution in [1.29, 1.82) is 0 Å². The number of carbonyl (C=O) groups excluding carboxylic acids is 1. The van der Waals surface area contributed by atoms with E-state index in [2.05, 4.69) is 26.6 Å². The van der Waals surface area contributed by atoms with Crippen LogP contribution in [0.5, 0.6) is 0 Å². The average Bonchev–Trinajstić information content (AvgIpc) is 3.18. The second-order valence-electron chi connectivity index (χ2n) is 5.84. The summed E-state index contributed by atoms with van der Waals surface area (Å²) < 4.78 is 0.997. The van der Waals surface area contributed by atoms with E-state index in [4.69, 9.17) is 0 Å². The van der Waals surface area contributed by atoms with E-state index in [1.54, 1.807) is 0 Å². The van der Waals surface area contributed by atoms with Gasteiger partial charge >= 0.3 is 6.03 Å². The summed E-state index contributed by atoms with van der Waals surface area (Å²) in [6, 6.07) is 3.67. The molecular formula is C15H21BrN2O2. The summed E-state index contributed by atoms with van der Waals surface area (Å²) in [7, 11) is 0. The van der Waals surface area contributed by atoms with Crippen LogP contribution in [-0.2, 0) is 0 Å². The number of nitrogens with one attached hydrogen (secondary N) is 2. The lowest BCUT2D eigenvalue weighted by molar-refractivity contribution is 0.159. The van der Waals surface area contributed by atoms with Crippen molar-refractivity contribution in [3.63, 3.8) is 0 Å². The molecule has 2 amide bonds. The highest BCUT2D eigenvalue weighted by atomic mass is 79.9. The average molecular weight is 341 g/mol. The van der Waals surface area contributed by atoms with Crippen LogP contribution in [0, 0.1) is 19.8 Å². The van der Waals surface area contributed by atoms with E-state index >= 15 is 0 Å². The van der Waals surface area contributed by atoms with Crippen molar-refractivity contribution in [3.05, 3.63) is 27.7 Å². The van der Waals surface area contributed by atoms with E-state index in [0.29, 0.717) is 5.92 Å². The number of aliphatic hydroxyl groups excluding tert-OH is 1. The van der Waals surface area contributed by atoms with Crippen LogP contribution in [0.2, 0.25) is 0 Å². The van der Waals surface area contributed by atoms with E-state index in [-0.39, 0.29) is 12.6 Å². The molecule has 1 aromatic rings. The van der Waals surface area contributed by atoms with Crippen LogP contribution in [0.1, 0.15) is 30.9 Å². The van der Waals surface area contributed by atoms with Crippen LogP contribution >= 0.6 is 15.9 Å². The second kappa shape index (κ2) is 5.74. The van der Waals surface area contributed by atoms with Gasteiger partial charge in [-0.2, -0.15) is 0 Å². The maximum atomic E-state index is 12.2. The molecule has 1 aromatic carbocycles. The highest BCUT2D eigenvalue weighted by Crippen LogP contribution is 2.39. The number of carbonyl (C=O) groups is 1. The van der Waals surface area contributed by atoms with Crippen molar-refractivity contribution in [3.8, 4) is 0 Å². The zero-order valence-electron chi connectivity index (χ0n) is 12.1. The predicted octanol–water partition coefficient (Wildman–Crippen LogP) is 3.35. The van der Waals surface area contributed by atoms with Gasteiger partial charge in [-0.15, -0.1) is 0 Å². The van der Waals surface area contributed by atoms with E-state index in [1.165, 1.54) is 0 Å². The van der Waals surface area contributed by atoms with E-state index < -0.39 is 5.54 Å². The molecule has 2 rings (SSSR count). The van der Waals surface area contributed by atoms with Gasteiger partial charge in [0.25, 0.3) is 0 Å². The van der Waals surface area contributed by atoms with Crippen molar-refractivity contribution in [2.75, 3.05) is 11.9 Å². The Balaban J connectivity index is 2.08. The number of halogens is 1. The Morgan fingerprint density at radius 1 is 1.40 bits per heavy atom. The number of amides is 2. The highest BCUT2D eigenvalue weighted by Gasteiger charge is 2.42. The smallest absolute Gasteiger partial charge is 0.319 e. The molecule has 5 heteroatoms. The monoisotopic (exact) mass is 340 g/mol. The molecule has 110 valence electrons. The topological polar surface area (TPSA) is 61.4 Å². The Bertz CT molecular complexity index is 506. The van der Waals surface area contributed by atoms with Gasteiger partial charge in [0.2, 0.25) is 0 Å². The van der Waals surface area contributed by atoms with Gasteiger partial charge in [-0.3, -0.25) is 0 Å². The molecule has 0 bridgehead atoms. The lowest BCUT2D eigenvalue weighted by atomic mass is 9.97. The molecule has 1 atom stereocenters. The third-order valence-corrected chi connectivity index (χ3v) is 4.40. The number of urea groups is 1. The van der Waals surface area contributed by atoms with Crippen molar-refractivity contribution >= 4 is 27.6 Å². The van der Waals surface area contributed by atoms with Crippen molar-refractivity contribution in [1.82, 2.24) is 5.32 Å². The standard InChI is InChI=1S/C15H21BrN2O2/c1-9-6-12(16)7-10(2)13(9)17-14(20)18-15(3,8-19)11-4-5-11/h6-7,11,19H,4-5,8H2,1-3H3,(H2,17,18,20). The largest absolute Gasteiger partial charge is 0.394 e. The zero-order valence-corrected chi connectivity index (χ0v) is 13.7. The van der Waals surface area contributed by atoms with Crippen molar-refractivity contribution < 1.29 is 9.90 Å². The summed E-state index contributed by atoms with van der Waals surface area (Å²) >= 11 is 3.44. The first kappa shape index (κ1) is 15.3. The van der Waals surface area contributed by atoms with Gasteiger partial charge in [0.1, 0.15) is 0 Å². The molecule has 1 aliphatic carbocycles. The molecule has 0 aliphatic heterocycles. The van der Waals surface area contributed by atoms with Crippen LogP contribution in [-0.4, -0.2) is 23.3 Å². The van der Waals surface area contributed by atoms with Crippen molar-refractivity contribution in [2.45, 2.75) is 39.2 Å². The minimum absolute atomic E-state index is 0.0383. The highest BCUT2D eigenvalue weighted by molar-refractivity contribution is 9.10. The Labute approximate surface area is 128 Å². The van der Waals surface area contributed by atoms with Gasteiger partial charge < -0.3 is 15.7 Å². The summed E-state index contributed by atoms with van der Waals surface area (Å²) in [4.78, 5) is 12.2. The molecule has 1 saturated carbocycles. The summed E-state index contributed by atoms with van der Waals surface area (Å²) in [5.74, 6) is 0.380. The normalized spacial score (nSPS) is 17.4. The maximum Gasteiger partial charge on any atom is 0.319 e. The third kappa shape index (κ3) is 3.33. The molecule has 0 heterocycles. The molecular weight excluding hydrogens is 320 g/mol.